The van der Waals surface area contributed by atoms with Crippen LogP contribution < -0.4 is 5.32 Å². The SMILES string of the molecule is CCCC(=O)NC(C(=O)CC(=O)OCC)c1ccccc1. The first-order valence-electron chi connectivity index (χ1n) is 7.11. The Balaban J connectivity index is 2.83. The predicted octanol–water partition coefficient (Wildman–Crippen LogP) is 2.17. The van der Waals surface area contributed by atoms with Gasteiger partial charge in [-0.25, -0.2) is 0 Å². The maximum atomic E-state index is 12.3. The highest BCUT2D eigenvalue weighted by atomic mass is 16.5. The Hall–Kier alpha value is -2.17. The second kappa shape index (κ2) is 8.89. The Labute approximate surface area is 124 Å². The number of nitrogens with one attached hydrogen (secondary N) is 1. The monoisotopic (exact) mass is 291 g/mol. The van der Waals surface area contributed by atoms with E-state index in [9.17, 15) is 14.4 Å². The molecule has 1 N–H and O–H groups in total. The molecule has 0 aliphatic carbocycles. The summed E-state index contributed by atoms with van der Waals surface area (Å²) in [5.74, 6) is -1.15. The summed E-state index contributed by atoms with van der Waals surface area (Å²) in [5, 5.41) is 2.69. The summed E-state index contributed by atoms with van der Waals surface area (Å²) in [6.07, 6.45) is 0.690. The minimum absolute atomic E-state index is 0.205. The molecule has 1 atom stereocenters. The number of amides is 1. The van der Waals surface area contributed by atoms with Gasteiger partial charge in [0.1, 0.15) is 12.5 Å². The molecule has 0 spiro atoms. The molecule has 0 aliphatic heterocycles. The zero-order valence-electron chi connectivity index (χ0n) is 12.4. The fourth-order valence-electron chi connectivity index (χ4n) is 1.91. The van der Waals surface area contributed by atoms with Crippen molar-refractivity contribution < 1.29 is 19.1 Å². The summed E-state index contributed by atoms with van der Waals surface area (Å²) in [6.45, 7) is 3.79. The van der Waals surface area contributed by atoms with Crippen molar-refractivity contribution in [3.63, 3.8) is 0 Å². The first kappa shape index (κ1) is 16.9. The molecule has 0 saturated carbocycles. The second-order valence-corrected chi connectivity index (χ2v) is 4.61. The highest BCUT2D eigenvalue weighted by Gasteiger charge is 2.24. The fraction of sp³-hybridized carbons (Fsp3) is 0.438. The first-order chi connectivity index (χ1) is 10.1. The van der Waals surface area contributed by atoms with Gasteiger partial charge in [-0.15, -0.1) is 0 Å². The number of ketones is 1. The van der Waals surface area contributed by atoms with Gasteiger partial charge in [0.25, 0.3) is 0 Å². The molecule has 0 aliphatic rings. The van der Waals surface area contributed by atoms with Crippen molar-refractivity contribution in [1.82, 2.24) is 5.32 Å². The van der Waals surface area contributed by atoms with Crippen molar-refractivity contribution in [2.45, 2.75) is 39.2 Å². The lowest BCUT2D eigenvalue weighted by atomic mass is 10.0. The van der Waals surface area contributed by atoms with Crippen molar-refractivity contribution >= 4 is 17.7 Å². The number of carbonyl (C=O) groups excluding carboxylic acids is 3. The van der Waals surface area contributed by atoms with E-state index in [1.165, 1.54) is 0 Å². The van der Waals surface area contributed by atoms with E-state index in [-0.39, 0.29) is 24.7 Å². The van der Waals surface area contributed by atoms with Crippen LogP contribution in [0.25, 0.3) is 0 Å². The topological polar surface area (TPSA) is 72.5 Å². The van der Waals surface area contributed by atoms with Crippen LogP contribution in [0.2, 0.25) is 0 Å². The van der Waals surface area contributed by atoms with Gasteiger partial charge in [0.05, 0.1) is 6.61 Å². The fourth-order valence-corrected chi connectivity index (χ4v) is 1.91. The molecular weight excluding hydrogens is 270 g/mol. The Bertz CT molecular complexity index is 484. The molecule has 5 nitrogen and oxygen atoms in total. The van der Waals surface area contributed by atoms with Crippen LogP contribution in [0.3, 0.4) is 0 Å². The standard InChI is InChI=1S/C16H21NO4/c1-3-8-14(19)17-16(12-9-6-5-7-10-12)13(18)11-15(20)21-4-2/h5-7,9-10,16H,3-4,8,11H2,1-2H3,(H,17,19). The summed E-state index contributed by atoms with van der Waals surface area (Å²) >= 11 is 0. The number of rotatable bonds is 8. The third kappa shape index (κ3) is 5.77. The van der Waals surface area contributed by atoms with E-state index in [1.807, 2.05) is 13.0 Å². The van der Waals surface area contributed by atoms with Crippen molar-refractivity contribution in [2.24, 2.45) is 0 Å². The van der Waals surface area contributed by atoms with E-state index in [0.717, 1.165) is 0 Å². The van der Waals surface area contributed by atoms with Gasteiger partial charge in [-0.05, 0) is 18.9 Å². The molecule has 0 heterocycles. The van der Waals surface area contributed by atoms with Crippen LogP contribution in [0.15, 0.2) is 30.3 Å². The summed E-state index contributed by atoms with van der Waals surface area (Å²) in [7, 11) is 0. The smallest absolute Gasteiger partial charge is 0.313 e. The molecule has 5 heteroatoms. The average molecular weight is 291 g/mol. The largest absolute Gasteiger partial charge is 0.466 e. The van der Waals surface area contributed by atoms with E-state index >= 15 is 0 Å². The van der Waals surface area contributed by atoms with Gasteiger partial charge in [0.15, 0.2) is 5.78 Å². The molecule has 0 radical (unpaired) electrons. The van der Waals surface area contributed by atoms with E-state index in [0.29, 0.717) is 18.4 Å². The zero-order valence-corrected chi connectivity index (χ0v) is 12.4. The van der Waals surface area contributed by atoms with Crippen LogP contribution in [0.1, 0.15) is 44.7 Å². The summed E-state index contributed by atoms with van der Waals surface area (Å²) in [5.41, 5.74) is 0.663. The molecule has 1 amide bonds. The van der Waals surface area contributed by atoms with Gasteiger partial charge in [-0.1, -0.05) is 37.3 Å². The molecule has 1 aromatic carbocycles. The minimum Gasteiger partial charge on any atom is -0.466 e. The third-order valence-corrected chi connectivity index (χ3v) is 2.86. The molecule has 114 valence electrons. The zero-order chi connectivity index (χ0) is 15.7. The third-order valence-electron chi connectivity index (χ3n) is 2.86. The Morgan fingerprint density at radius 1 is 1.14 bits per heavy atom. The Kier molecular flexibility index (Phi) is 7.15. The maximum Gasteiger partial charge on any atom is 0.313 e. The number of carbonyl (C=O) groups is 3. The van der Waals surface area contributed by atoms with Crippen molar-refractivity contribution in [1.29, 1.82) is 0 Å². The molecule has 1 rings (SSSR count). The molecule has 0 fully saturated rings. The van der Waals surface area contributed by atoms with Crippen LogP contribution in [-0.2, 0) is 19.1 Å². The highest BCUT2D eigenvalue weighted by molar-refractivity contribution is 6.00. The Morgan fingerprint density at radius 3 is 2.38 bits per heavy atom. The first-order valence-corrected chi connectivity index (χ1v) is 7.11. The number of hydrogen-bond donors (Lipinski definition) is 1. The molecule has 0 aromatic heterocycles. The van der Waals surface area contributed by atoms with Crippen LogP contribution in [0.5, 0.6) is 0 Å². The van der Waals surface area contributed by atoms with Gasteiger partial charge in [-0.3, -0.25) is 14.4 Å². The lowest BCUT2D eigenvalue weighted by Gasteiger charge is -2.17. The van der Waals surface area contributed by atoms with E-state index in [1.54, 1.807) is 31.2 Å². The summed E-state index contributed by atoms with van der Waals surface area (Å²) in [4.78, 5) is 35.5. The summed E-state index contributed by atoms with van der Waals surface area (Å²) in [6, 6.07) is 8.08. The highest BCUT2D eigenvalue weighted by Crippen LogP contribution is 2.16. The van der Waals surface area contributed by atoms with Crippen molar-refractivity contribution in [3.8, 4) is 0 Å². The van der Waals surface area contributed by atoms with E-state index in [4.69, 9.17) is 4.74 Å². The number of Topliss-reactive ketones (excluding diaryl/α,β-unsaturated/α-hetero) is 1. The minimum atomic E-state index is -0.811. The molecular formula is C16H21NO4. The maximum absolute atomic E-state index is 12.3. The normalized spacial score (nSPS) is 11.5. The van der Waals surface area contributed by atoms with Gasteiger partial charge in [-0.2, -0.15) is 0 Å². The quantitative estimate of drug-likeness (QED) is 0.588. The average Bonchev–Trinajstić information content (AvgIpc) is 2.46. The lowest BCUT2D eigenvalue weighted by Crippen LogP contribution is -2.34. The number of benzene rings is 1. The van der Waals surface area contributed by atoms with Crippen molar-refractivity contribution in [2.75, 3.05) is 6.61 Å². The second-order valence-electron chi connectivity index (χ2n) is 4.61. The van der Waals surface area contributed by atoms with E-state index in [2.05, 4.69) is 5.32 Å². The molecule has 21 heavy (non-hydrogen) atoms. The number of hydrogen-bond acceptors (Lipinski definition) is 4. The van der Waals surface area contributed by atoms with Gasteiger partial charge in [0.2, 0.25) is 5.91 Å². The van der Waals surface area contributed by atoms with Crippen molar-refractivity contribution in [3.05, 3.63) is 35.9 Å². The molecule has 0 bridgehead atoms. The van der Waals surface area contributed by atoms with Crippen LogP contribution in [0, 0.1) is 0 Å². The summed E-state index contributed by atoms with van der Waals surface area (Å²) < 4.78 is 4.78. The van der Waals surface area contributed by atoms with Gasteiger partial charge in [0, 0.05) is 6.42 Å². The number of ether oxygens (including phenoxy) is 1. The van der Waals surface area contributed by atoms with Crippen LogP contribution >= 0.6 is 0 Å². The van der Waals surface area contributed by atoms with Crippen LogP contribution in [0.4, 0.5) is 0 Å². The molecule has 1 unspecified atom stereocenters. The molecule has 0 saturated heterocycles. The van der Waals surface area contributed by atoms with Gasteiger partial charge >= 0.3 is 5.97 Å². The van der Waals surface area contributed by atoms with E-state index < -0.39 is 12.0 Å². The number of esters is 1. The van der Waals surface area contributed by atoms with Crippen LogP contribution in [-0.4, -0.2) is 24.3 Å². The molecule has 1 aromatic rings. The Morgan fingerprint density at radius 2 is 1.81 bits per heavy atom. The predicted molar refractivity (Wildman–Crippen MR) is 78.5 cm³/mol. The lowest BCUT2D eigenvalue weighted by molar-refractivity contribution is -0.146. The van der Waals surface area contributed by atoms with Gasteiger partial charge < -0.3 is 10.1 Å².